The average Bonchev–Trinajstić information content (AvgIpc) is 2.46. The Kier molecular flexibility index (Phi) is 4.46. The molecule has 0 aliphatic rings. The first-order chi connectivity index (χ1) is 10.3. The van der Waals surface area contributed by atoms with Crippen molar-refractivity contribution in [2.24, 2.45) is 0 Å². The Morgan fingerprint density at radius 3 is 2.32 bits per heavy atom. The van der Waals surface area contributed by atoms with Gasteiger partial charge in [0.05, 0.1) is 22.7 Å². The van der Waals surface area contributed by atoms with E-state index in [9.17, 15) is 18.5 Å². The predicted octanol–water partition coefficient (Wildman–Crippen LogP) is 2.89. The van der Waals surface area contributed by atoms with Crippen LogP contribution in [-0.4, -0.2) is 20.5 Å². The molecule has 0 saturated carbocycles. The van der Waals surface area contributed by atoms with Gasteiger partial charge in [0.25, 0.3) is 5.69 Å². The van der Waals surface area contributed by atoms with Crippen molar-refractivity contribution >= 4 is 15.5 Å². The second kappa shape index (κ2) is 6.15. The van der Waals surface area contributed by atoms with Gasteiger partial charge in [-0.1, -0.05) is 17.7 Å². The van der Waals surface area contributed by atoms with Crippen LogP contribution in [0.5, 0.6) is 5.75 Å². The molecule has 0 bridgehead atoms. The maximum absolute atomic E-state index is 12.4. The molecule has 0 amide bonds. The zero-order valence-electron chi connectivity index (χ0n) is 12.1. The highest BCUT2D eigenvalue weighted by Gasteiger charge is 2.22. The van der Waals surface area contributed by atoms with Gasteiger partial charge in [0.15, 0.2) is 9.84 Å². The highest BCUT2D eigenvalue weighted by molar-refractivity contribution is 7.90. The maximum Gasteiger partial charge on any atom is 0.273 e. The standard InChI is InChI=1S/C15H15NO5S/c1-11-3-6-14(7-4-11)22(19,20)10-12-9-13(21-2)5-8-15(12)16(17)18/h3-9H,10H2,1-2H3. The summed E-state index contributed by atoms with van der Waals surface area (Å²) >= 11 is 0. The summed E-state index contributed by atoms with van der Waals surface area (Å²) < 4.78 is 29.9. The van der Waals surface area contributed by atoms with Gasteiger partial charge in [-0.25, -0.2) is 8.42 Å². The molecular formula is C15H15NO5S. The molecule has 0 unspecified atom stereocenters. The van der Waals surface area contributed by atoms with Crippen LogP contribution >= 0.6 is 0 Å². The van der Waals surface area contributed by atoms with E-state index in [-0.39, 0.29) is 16.1 Å². The number of ether oxygens (including phenoxy) is 1. The molecular weight excluding hydrogens is 306 g/mol. The minimum atomic E-state index is -3.67. The molecule has 0 atom stereocenters. The minimum Gasteiger partial charge on any atom is -0.497 e. The molecule has 0 spiro atoms. The van der Waals surface area contributed by atoms with Gasteiger partial charge in [-0.05, 0) is 31.2 Å². The lowest BCUT2D eigenvalue weighted by Gasteiger charge is -2.08. The Bertz CT molecular complexity index is 797. The van der Waals surface area contributed by atoms with E-state index in [1.165, 1.54) is 37.4 Å². The zero-order valence-corrected chi connectivity index (χ0v) is 13.0. The fourth-order valence-corrected chi connectivity index (χ4v) is 3.37. The number of aryl methyl sites for hydroxylation is 1. The molecule has 22 heavy (non-hydrogen) atoms. The lowest BCUT2D eigenvalue weighted by Crippen LogP contribution is -2.07. The Labute approximate surface area is 128 Å². The number of nitro groups is 1. The van der Waals surface area contributed by atoms with Gasteiger partial charge in [0, 0.05) is 11.6 Å². The van der Waals surface area contributed by atoms with Crippen LogP contribution in [0, 0.1) is 17.0 Å². The SMILES string of the molecule is COc1ccc([N+](=O)[O-])c(CS(=O)(=O)c2ccc(C)cc2)c1. The molecule has 116 valence electrons. The van der Waals surface area contributed by atoms with E-state index in [0.717, 1.165) is 5.56 Å². The Hall–Kier alpha value is -2.41. The molecule has 2 aromatic rings. The van der Waals surface area contributed by atoms with E-state index < -0.39 is 20.5 Å². The van der Waals surface area contributed by atoms with Crippen LogP contribution in [0.4, 0.5) is 5.69 Å². The zero-order chi connectivity index (χ0) is 16.3. The van der Waals surface area contributed by atoms with Crippen LogP contribution in [-0.2, 0) is 15.6 Å². The lowest BCUT2D eigenvalue weighted by molar-refractivity contribution is -0.385. The maximum atomic E-state index is 12.4. The Morgan fingerprint density at radius 2 is 1.77 bits per heavy atom. The molecule has 0 aromatic heterocycles. The van der Waals surface area contributed by atoms with Crippen molar-refractivity contribution < 1.29 is 18.1 Å². The van der Waals surface area contributed by atoms with E-state index in [0.29, 0.717) is 5.75 Å². The van der Waals surface area contributed by atoms with E-state index in [1.807, 2.05) is 6.92 Å². The largest absolute Gasteiger partial charge is 0.497 e. The third-order valence-corrected chi connectivity index (χ3v) is 4.89. The van der Waals surface area contributed by atoms with Gasteiger partial charge in [-0.15, -0.1) is 0 Å². The smallest absolute Gasteiger partial charge is 0.273 e. The summed E-state index contributed by atoms with van der Waals surface area (Å²) in [7, 11) is -2.25. The Morgan fingerprint density at radius 1 is 1.14 bits per heavy atom. The number of hydrogen-bond acceptors (Lipinski definition) is 5. The van der Waals surface area contributed by atoms with E-state index in [2.05, 4.69) is 0 Å². The topological polar surface area (TPSA) is 86.5 Å². The number of nitrogens with zero attached hydrogens (tertiary/aromatic N) is 1. The van der Waals surface area contributed by atoms with Gasteiger partial charge in [0.2, 0.25) is 0 Å². The summed E-state index contributed by atoms with van der Waals surface area (Å²) in [6.07, 6.45) is 0. The molecule has 0 radical (unpaired) electrons. The van der Waals surface area contributed by atoms with Crippen LogP contribution in [0.3, 0.4) is 0 Å². The van der Waals surface area contributed by atoms with Gasteiger partial charge < -0.3 is 4.74 Å². The predicted molar refractivity (Wildman–Crippen MR) is 81.7 cm³/mol. The van der Waals surface area contributed by atoms with Crippen LogP contribution in [0.2, 0.25) is 0 Å². The summed E-state index contributed by atoms with van der Waals surface area (Å²) in [6.45, 7) is 1.85. The Balaban J connectivity index is 2.44. The summed E-state index contributed by atoms with van der Waals surface area (Å²) in [5.41, 5.74) is 0.799. The number of rotatable bonds is 5. The van der Waals surface area contributed by atoms with E-state index >= 15 is 0 Å². The number of methoxy groups -OCH3 is 1. The normalized spacial score (nSPS) is 11.2. The molecule has 2 rings (SSSR count). The monoisotopic (exact) mass is 321 g/mol. The molecule has 0 fully saturated rings. The number of sulfone groups is 1. The van der Waals surface area contributed by atoms with Crippen LogP contribution in [0.1, 0.15) is 11.1 Å². The number of nitro benzene ring substituents is 1. The fraction of sp³-hybridized carbons (Fsp3) is 0.200. The number of benzene rings is 2. The molecule has 0 saturated heterocycles. The van der Waals surface area contributed by atoms with Crippen LogP contribution < -0.4 is 4.74 Å². The van der Waals surface area contributed by atoms with Crippen molar-refractivity contribution in [2.45, 2.75) is 17.6 Å². The highest BCUT2D eigenvalue weighted by Crippen LogP contribution is 2.27. The average molecular weight is 321 g/mol. The minimum absolute atomic E-state index is 0.102. The highest BCUT2D eigenvalue weighted by atomic mass is 32.2. The molecule has 6 nitrogen and oxygen atoms in total. The van der Waals surface area contributed by atoms with Crippen LogP contribution in [0.25, 0.3) is 0 Å². The molecule has 0 heterocycles. The van der Waals surface area contributed by atoms with Crippen molar-refractivity contribution in [3.8, 4) is 5.75 Å². The van der Waals surface area contributed by atoms with Gasteiger partial charge in [-0.3, -0.25) is 10.1 Å². The van der Waals surface area contributed by atoms with Crippen molar-refractivity contribution in [2.75, 3.05) is 7.11 Å². The van der Waals surface area contributed by atoms with E-state index in [1.54, 1.807) is 12.1 Å². The first-order valence-electron chi connectivity index (χ1n) is 6.44. The number of hydrogen-bond donors (Lipinski definition) is 0. The second-order valence-electron chi connectivity index (χ2n) is 4.82. The van der Waals surface area contributed by atoms with Gasteiger partial charge in [0.1, 0.15) is 5.75 Å². The summed E-state index contributed by atoms with van der Waals surface area (Å²) in [5.74, 6) is -0.0801. The third-order valence-electron chi connectivity index (χ3n) is 3.21. The van der Waals surface area contributed by atoms with Gasteiger partial charge in [-0.2, -0.15) is 0 Å². The molecule has 7 heteroatoms. The van der Waals surface area contributed by atoms with Crippen molar-refractivity contribution in [1.82, 2.24) is 0 Å². The summed E-state index contributed by atoms with van der Waals surface area (Å²) in [5, 5.41) is 11.1. The van der Waals surface area contributed by atoms with Gasteiger partial charge >= 0.3 is 0 Å². The second-order valence-corrected chi connectivity index (χ2v) is 6.81. The lowest BCUT2D eigenvalue weighted by atomic mass is 10.2. The molecule has 2 aromatic carbocycles. The van der Waals surface area contributed by atoms with Crippen molar-refractivity contribution in [3.05, 3.63) is 63.7 Å². The summed E-state index contributed by atoms with van der Waals surface area (Å²) in [6, 6.07) is 10.4. The van der Waals surface area contributed by atoms with E-state index in [4.69, 9.17) is 4.74 Å². The third kappa shape index (κ3) is 3.43. The fourth-order valence-electron chi connectivity index (χ4n) is 2.02. The first kappa shape index (κ1) is 16.0. The summed E-state index contributed by atoms with van der Waals surface area (Å²) in [4.78, 5) is 10.6. The van der Waals surface area contributed by atoms with Crippen molar-refractivity contribution in [1.29, 1.82) is 0 Å². The molecule has 0 aliphatic heterocycles. The van der Waals surface area contributed by atoms with Crippen molar-refractivity contribution in [3.63, 3.8) is 0 Å². The molecule has 0 aliphatic carbocycles. The first-order valence-corrected chi connectivity index (χ1v) is 8.09. The van der Waals surface area contributed by atoms with Crippen LogP contribution in [0.15, 0.2) is 47.4 Å². The molecule has 0 N–H and O–H groups in total. The quantitative estimate of drug-likeness (QED) is 0.624.